The molecule has 1 saturated heterocycles. The number of hydrogen-bond acceptors (Lipinski definition) is 3. The van der Waals surface area contributed by atoms with Crippen molar-refractivity contribution in [2.24, 2.45) is 0 Å². The molecule has 1 aliphatic heterocycles. The Labute approximate surface area is 134 Å². The lowest BCUT2D eigenvalue weighted by Crippen LogP contribution is -2.45. The van der Waals surface area contributed by atoms with E-state index >= 15 is 0 Å². The summed E-state index contributed by atoms with van der Waals surface area (Å²) in [5, 5.41) is 3.23. The van der Waals surface area contributed by atoms with Crippen LogP contribution in [-0.2, 0) is 10.0 Å². The third-order valence-corrected chi connectivity index (χ3v) is 5.98. The lowest BCUT2D eigenvalue weighted by atomic mass is 10.0. The van der Waals surface area contributed by atoms with E-state index in [-0.39, 0.29) is 18.4 Å². The SMILES string of the molecule is Cc1cc(C)c(C)c(S(=O)(=O)N[C@H]2CCCNC2)c1C.Cl. The molecule has 2 N–H and O–H groups in total. The molecule has 0 aliphatic carbocycles. The van der Waals surface area contributed by atoms with E-state index in [4.69, 9.17) is 0 Å². The smallest absolute Gasteiger partial charge is 0.241 e. The van der Waals surface area contributed by atoms with E-state index in [0.29, 0.717) is 11.4 Å². The molecule has 0 unspecified atom stereocenters. The Morgan fingerprint density at radius 1 is 1.14 bits per heavy atom. The zero-order chi connectivity index (χ0) is 14.9. The van der Waals surface area contributed by atoms with Gasteiger partial charge < -0.3 is 5.32 Å². The highest BCUT2D eigenvalue weighted by atomic mass is 35.5. The van der Waals surface area contributed by atoms with Gasteiger partial charge in [0.05, 0.1) is 4.90 Å². The molecule has 0 bridgehead atoms. The van der Waals surface area contributed by atoms with Crippen LogP contribution in [0.4, 0.5) is 0 Å². The van der Waals surface area contributed by atoms with E-state index in [1.165, 1.54) is 0 Å². The van der Waals surface area contributed by atoms with Crippen LogP contribution in [0, 0.1) is 27.7 Å². The molecule has 120 valence electrons. The van der Waals surface area contributed by atoms with Gasteiger partial charge in [-0.25, -0.2) is 13.1 Å². The van der Waals surface area contributed by atoms with E-state index in [1.54, 1.807) is 0 Å². The minimum Gasteiger partial charge on any atom is -0.315 e. The number of rotatable bonds is 3. The van der Waals surface area contributed by atoms with Gasteiger partial charge in [-0.05, 0) is 69.3 Å². The predicted octanol–water partition coefficient (Wildman–Crippen LogP) is 2.37. The Kier molecular flexibility index (Phi) is 6.23. The van der Waals surface area contributed by atoms with E-state index in [1.807, 2.05) is 33.8 Å². The molecule has 1 aromatic carbocycles. The van der Waals surface area contributed by atoms with Crippen LogP contribution in [0.15, 0.2) is 11.0 Å². The Balaban J connectivity index is 0.00000220. The first-order valence-corrected chi connectivity index (χ1v) is 8.61. The van der Waals surface area contributed by atoms with Crippen molar-refractivity contribution in [3.8, 4) is 0 Å². The van der Waals surface area contributed by atoms with Crippen LogP contribution in [0.25, 0.3) is 0 Å². The average molecular weight is 333 g/mol. The molecule has 0 saturated carbocycles. The van der Waals surface area contributed by atoms with Gasteiger partial charge in [0.2, 0.25) is 10.0 Å². The number of nitrogens with one attached hydrogen (secondary N) is 2. The molecule has 6 heteroatoms. The molecule has 0 amide bonds. The van der Waals surface area contributed by atoms with Crippen LogP contribution < -0.4 is 10.0 Å². The van der Waals surface area contributed by atoms with Crippen LogP contribution >= 0.6 is 12.4 Å². The standard InChI is InChI=1S/C15H24N2O2S.ClH/c1-10-8-11(2)13(4)15(12(10)3)20(18,19)17-14-6-5-7-16-9-14;/h8,14,16-17H,5-7,9H2,1-4H3;1H/t14-;/m0./s1. The topological polar surface area (TPSA) is 58.2 Å². The van der Waals surface area contributed by atoms with E-state index in [2.05, 4.69) is 10.0 Å². The number of sulfonamides is 1. The van der Waals surface area contributed by atoms with Crippen LogP contribution in [-0.4, -0.2) is 27.5 Å². The second-order valence-electron chi connectivity index (χ2n) is 5.75. The number of benzene rings is 1. The zero-order valence-electron chi connectivity index (χ0n) is 13.1. The Morgan fingerprint density at radius 2 is 1.71 bits per heavy atom. The summed E-state index contributed by atoms with van der Waals surface area (Å²) in [7, 11) is -3.46. The van der Waals surface area contributed by atoms with Gasteiger partial charge in [0.15, 0.2) is 0 Å². The lowest BCUT2D eigenvalue weighted by molar-refractivity contribution is 0.428. The predicted molar refractivity (Wildman–Crippen MR) is 88.9 cm³/mol. The quantitative estimate of drug-likeness (QED) is 0.893. The van der Waals surface area contributed by atoms with Gasteiger partial charge in [-0.3, -0.25) is 0 Å². The molecule has 1 fully saturated rings. The summed E-state index contributed by atoms with van der Waals surface area (Å²) in [5.41, 5.74) is 3.75. The van der Waals surface area contributed by atoms with E-state index < -0.39 is 10.0 Å². The summed E-state index contributed by atoms with van der Waals surface area (Å²) >= 11 is 0. The van der Waals surface area contributed by atoms with Gasteiger partial charge >= 0.3 is 0 Å². The van der Waals surface area contributed by atoms with Gasteiger partial charge in [0, 0.05) is 12.6 Å². The molecular formula is C15H25ClN2O2S. The first-order valence-electron chi connectivity index (χ1n) is 7.13. The maximum atomic E-state index is 12.7. The fraction of sp³-hybridized carbons (Fsp3) is 0.600. The zero-order valence-corrected chi connectivity index (χ0v) is 14.7. The molecule has 0 spiro atoms. The summed E-state index contributed by atoms with van der Waals surface area (Å²) in [4.78, 5) is 0.459. The maximum Gasteiger partial charge on any atom is 0.241 e. The monoisotopic (exact) mass is 332 g/mol. The second kappa shape index (κ2) is 7.09. The van der Waals surface area contributed by atoms with Crippen molar-refractivity contribution in [3.63, 3.8) is 0 Å². The van der Waals surface area contributed by atoms with E-state index in [0.717, 1.165) is 41.6 Å². The van der Waals surface area contributed by atoms with Gasteiger partial charge in [-0.15, -0.1) is 12.4 Å². The largest absolute Gasteiger partial charge is 0.315 e. The second-order valence-corrected chi connectivity index (χ2v) is 7.40. The fourth-order valence-electron chi connectivity index (χ4n) is 2.81. The number of aryl methyl sites for hydroxylation is 2. The molecule has 0 aromatic heterocycles. The molecule has 2 rings (SSSR count). The number of hydrogen-bond donors (Lipinski definition) is 2. The number of piperidine rings is 1. The highest BCUT2D eigenvalue weighted by molar-refractivity contribution is 7.89. The van der Waals surface area contributed by atoms with Crippen molar-refractivity contribution in [2.45, 2.75) is 51.5 Å². The summed E-state index contributed by atoms with van der Waals surface area (Å²) in [5.74, 6) is 0. The molecule has 1 atom stereocenters. The maximum absolute atomic E-state index is 12.7. The van der Waals surface area contributed by atoms with Crippen molar-refractivity contribution >= 4 is 22.4 Å². The minimum absolute atomic E-state index is 0. The molecule has 1 aliphatic rings. The summed E-state index contributed by atoms with van der Waals surface area (Å²) in [6.07, 6.45) is 1.91. The van der Waals surface area contributed by atoms with Crippen molar-refractivity contribution in [2.75, 3.05) is 13.1 Å². The summed E-state index contributed by atoms with van der Waals surface area (Å²) in [6.45, 7) is 9.37. The van der Waals surface area contributed by atoms with Gasteiger partial charge in [0.1, 0.15) is 0 Å². The Bertz CT molecular complexity index is 582. The Hall–Kier alpha value is -0.620. The molecule has 21 heavy (non-hydrogen) atoms. The lowest BCUT2D eigenvalue weighted by Gasteiger charge is -2.25. The average Bonchev–Trinajstić information content (AvgIpc) is 2.37. The molecule has 1 aromatic rings. The molecule has 4 nitrogen and oxygen atoms in total. The normalized spacial score (nSPS) is 19.1. The third-order valence-electron chi connectivity index (χ3n) is 4.18. The molecular weight excluding hydrogens is 308 g/mol. The molecule has 1 heterocycles. The van der Waals surface area contributed by atoms with Gasteiger partial charge in [-0.2, -0.15) is 0 Å². The van der Waals surface area contributed by atoms with Crippen LogP contribution in [0.1, 0.15) is 35.1 Å². The van der Waals surface area contributed by atoms with E-state index in [9.17, 15) is 8.42 Å². The van der Waals surface area contributed by atoms with Crippen molar-refractivity contribution < 1.29 is 8.42 Å². The first-order chi connectivity index (χ1) is 9.33. The minimum atomic E-state index is -3.46. The van der Waals surface area contributed by atoms with Crippen LogP contribution in [0.3, 0.4) is 0 Å². The number of halogens is 1. The Morgan fingerprint density at radius 3 is 2.19 bits per heavy atom. The molecule has 0 radical (unpaired) electrons. The van der Waals surface area contributed by atoms with Crippen molar-refractivity contribution in [1.82, 2.24) is 10.0 Å². The first kappa shape index (κ1) is 18.4. The van der Waals surface area contributed by atoms with Crippen LogP contribution in [0.5, 0.6) is 0 Å². The van der Waals surface area contributed by atoms with Crippen molar-refractivity contribution in [1.29, 1.82) is 0 Å². The fourth-order valence-corrected chi connectivity index (χ4v) is 4.70. The van der Waals surface area contributed by atoms with Crippen LogP contribution in [0.2, 0.25) is 0 Å². The summed E-state index contributed by atoms with van der Waals surface area (Å²) < 4.78 is 28.3. The summed E-state index contributed by atoms with van der Waals surface area (Å²) in [6, 6.07) is 2.04. The highest BCUT2D eigenvalue weighted by Crippen LogP contribution is 2.26. The van der Waals surface area contributed by atoms with Gasteiger partial charge in [-0.1, -0.05) is 6.07 Å². The van der Waals surface area contributed by atoms with Crippen molar-refractivity contribution in [3.05, 3.63) is 28.3 Å². The highest BCUT2D eigenvalue weighted by Gasteiger charge is 2.25. The third kappa shape index (κ3) is 3.97. The van der Waals surface area contributed by atoms with Gasteiger partial charge in [0.25, 0.3) is 0 Å².